The highest BCUT2D eigenvalue weighted by atomic mass is 19.1. The summed E-state index contributed by atoms with van der Waals surface area (Å²) < 4.78 is 18.0. The first kappa shape index (κ1) is 13.8. The number of hydrogen-bond acceptors (Lipinski definition) is 5. The third kappa shape index (κ3) is 2.86. The summed E-state index contributed by atoms with van der Waals surface area (Å²) in [6, 6.07) is 4.64. The van der Waals surface area contributed by atoms with Crippen molar-refractivity contribution in [2.45, 2.75) is 6.61 Å². The molecule has 104 valence electrons. The zero-order valence-corrected chi connectivity index (χ0v) is 10.2. The van der Waals surface area contributed by atoms with E-state index in [1.807, 2.05) is 0 Å². The van der Waals surface area contributed by atoms with E-state index in [2.05, 4.69) is 0 Å². The molecule has 0 aliphatic rings. The minimum absolute atomic E-state index is 0.00871. The molecule has 0 saturated carbocycles. The van der Waals surface area contributed by atoms with Crippen LogP contribution in [0.15, 0.2) is 33.5 Å². The molecule has 5 nitrogen and oxygen atoms in total. The Bertz CT molecular complexity index is 718. The number of aromatic hydroxyl groups is 2. The van der Waals surface area contributed by atoms with Crippen LogP contribution in [0.3, 0.4) is 0 Å². The van der Waals surface area contributed by atoms with Gasteiger partial charge in [0.1, 0.15) is 12.4 Å². The average Bonchev–Trinajstić information content (AvgIpc) is 2.44. The van der Waals surface area contributed by atoms with Crippen molar-refractivity contribution in [1.82, 2.24) is 0 Å². The summed E-state index contributed by atoms with van der Waals surface area (Å²) in [5, 5.41) is 27.7. The lowest BCUT2D eigenvalue weighted by atomic mass is 10.2. The van der Waals surface area contributed by atoms with Gasteiger partial charge in [-0.3, -0.25) is 4.79 Å². The third-order valence-electron chi connectivity index (χ3n) is 2.55. The van der Waals surface area contributed by atoms with Crippen LogP contribution in [-0.2, 0) is 6.61 Å². The fourth-order valence-electron chi connectivity index (χ4n) is 1.55. The molecule has 0 aliphatic heterocycles. The van der Waals surface area contributed by atoms with Gasteiger partial charge in [0.2, 0.25) is 11.2 Å². The molecule has 0 fully saturated rings. The van der Waals surface area contributed by atoms with Crippen LogP contribution in [0.1, 0.15) is 17.1 Å². The minimum Gasteiger partial charge on any atom is -0.505 e. The van der Waals surface area contributed by atoms with E-state index in [0.29, 0.717) is 5.56 Å². The van der Waals surface area contributed by atoms with Gasteiger partial charge in [-0.05, 0) is 23.8 Å². The molecule has 3 N–H and O–H groups in total. The van der Waals surface area contributed by atoms with Gasteiger partial charge < -0.3 is 19.7 Å². The molecule has 0 radical (unpaired) electrons. The van der Waals surface area contributed by atoms with Crippen LogP contribution in [-0.4, -0.2) is 15.3 Å². The molecule has 0 saturated heterocycles. The Morgan fingerprint density at radius 2 is 1.95 bits per heavy atom. The number of aliphatic hydroxyl groups excluding tert-OH is 1. The van der Waals surface area contributed by atoms with E-state index in [9.17, 15) is 19.4 Å². The van der Waals surface area contributed by atoms with Gasteiger partial charge in [0, 0.05) is 6.07 Å². The summed E-state index contributed by atoms with van der Waals surface area (Å²) in [7, 11) is 0. The lowest BCUT2D eigenvalue weighted by Crippen LogP contribution is -2.02. The summed E-state index contributed by atoms with van der Waals surface area (Å²) in [4.78, 5) is 11.4. The summed E-state index contributed by atoms with van der Waals surface area (Å²) >= 11 is 0. The Morgan fingerprint density at radius 1 is 1.20 bits per heavy atom. The molecule has 0 amide bonds. The zero-order valence-electron chi connectivity index (χ0n) is 10.2. The Hall–Kier alpha value is -2.60. The maximum absolute atomic E-state index is 12.9. The zero-order chi connectivity index (χ0) is 14.7. The van der Waals surface area contributed by atoms with Gasteiger partial charge in [0.25, 0.3) is 0 Å². The van der Waals surface area contributed by atoms with Crippen molar-refractivity contribution in [3.63, 3.8) is 0 Å². The van der Waals surface area contributed by atoms with E-state index < -0.39 is 29.4 Å². The number of hydrogen-bond donors (Lipinski definition) is 3. The first-order chi connectivity index (χ1) is 9.51. The largest absolute Gasteiger partial charge is 0.505 e. The molecule has 2 aromatic rings. The summed E-state index contributed by atoms with van der Waals surface area (Å²) in [5.41, 5.74) is -0.234. The number of phenolic OH excluding ortho intramolecular Hbond substituents is 1. The number of phenols is 1. The smallest absolute Gasteiger partial charge is 0.227 e. The van der Waals surface area contributed by atoms with E-state index in [4.69, 9.17) is 9.52 Å². The Morgan fingerprint density at radius 3 is 2.60 bits per heavy atom. The van der Waals surface area contributed by atoms with E-state index >= 15 is 0 Å². The molecule has 1 aromatic carbocycles. The molecule has 0 spiro atoms. The van der Waals surface area contributed by atoms with Crippen molar-refractivity contribution in [2.24, 2.45) is 0 Å². The highest BCUT2D eigenvalue weighted by molar-refractivity contribution is 5.70. The second-order valence-corrected chi connectivity index (χ2v) is 3.99. The van der Waals surface area contributed by atoms with Gasteiger partial charge in [-0.1, -0.05) is 12.1 Å². The van der Waals surface area contributed by atoms with Crippen molar-refractivity contribution >= 4 is 12.2 Å². The van der Waals surface area contributed by atoms with Gasteiger partial charge in [0.05, 0.1) is 0 Å². The first-order valence-corrected chi connectivity index (χ1v) is 5.64. The highest BCUT2D eigenvalue weighted by Crippen LogP contribution is 2.20. The fraction of sp³-hybridized carbons (Fsp3) is 0.0714. The lowest BCUT2D eigenvalue weighted by Gasteiger charge is -2.01. The molecule has 0 atom stereocenters. The lowest BCUT2D eigenvalue weighted by molar-refractivity contribution is 0.240. The van der Waals surface area contributed by atoms with Gasteiger partial charge in [0.15, 0.2) is 17.3 Å². The van der Waals surface area contributed by atoms with Gasteiger partial charge in [-0.15, -0.1) is 0 Å². The highest BCUT2D eigenvalue weighted by Gasteiger charge is 2.08. The summed E-state index contributed by atoms with van der Waals surface area (Å²) in [6.07, 6.45) is 2.70. The number of rotatable bonds is 3. The molecule has 1 aromatic heterocycles. The topological polar surface area (TPSA) is 90.9 Å². The maximum Gasteiger partial charge on any atom is 0.227 e. The molecule has 20 heavy (non-hydrogen) atoms. The predicted octanol–water partition coefficient (Wildman–Crippen LogP) is 1.85. The molecule has 1 heterocycles. The van der Waals surface area contributed by atoms with Gasteiger partial charge in [-0.2, -0.15) is 0 Å². The van der Waals surface area contributed by atoms with Crippen LogP contribution in [0.25, 0.3) is 12.2 Å². The fourth-order valence-corrected chi connectivity index (χ4v) is 1.55. The number of halogens is 1. The number of aliphatic hydroxyl groups is 1. The molecular formula is C14H11FO5. The van der Waals surface area contributed by atoms with Crippen LogP contribution in [0, 0.1) is 5.82 Å². The normalized spacial score (nSPS) is 11.1. The average molecular weight is 278 g/mol. The predicted molar refractivity (Wildman–Crippen MR) is 69.6 cm³/mol. The molecule has 0 bridgehead atoms. The van der Waals surface area contributed by atoms with Crippen molar-refractivity contribution < 1.29 is 24.1 Å². The minimum atomic E-state index is -0.751. The Kier molecular flexibility index (Phi) is 3.86. The molecule has 0 aliphatic carbocycles. The van der Waals surface area contributed by atoms with Gasteiger partial charge >= 0.3 is 0 Å². The van der Waals surface area contributed by atoms with E-state index in [-0.39, 0.29) is 11.5 Å². The van der Waals surface area contributed by atoms with E-state index in [1.54, 1.807) is 0 Å². The molecule has 2 rings (SSSR count). The van der Waals surface area contributed by atoms with E-state index in [1.165, 1.54) is 24.3 Å². The number of benzene rings is 1. The summed E-state index contributed by atoms with van der Waals surface area (Å²) in [5.74, 6) is -1.98. The molecular weight excluding hydrogens is 267 g/mol. The van der Waals surface area contributed by atoms with Crippen LogP contribution >= 0.6 is 0 Å². The second kappa shape index (κ2) is 5.58. The van der Waals surface area contributed by atoms with E-state index in [0.717, 1.165) is 12.1 Å². The van der Waals surface area contributed by atoms with Crippen molar-refractivity contribution in [1.29, 1.82) is 0 Å². The monoisotopic (exact) mass is 278 g/mol. The van der Waals surface area contributed by atoms with Crippen molar-refractivity contribution in [2.75, 3.05) is 0 Å². The first-order valence-electron chi connectivity index (χ1n) is 5.64. The second-order valence-electron chi connectivity index (χ2n) is 3.99. The van der Waals surface area contributed by atoms with Gasteiger partial charge in [-0.25, -0.2) is 4.39 Å². The van der Waals surface area contributed by atoms with Crippen molar-refractivity contribution in [3.8, 4) is 11.5 Å². The Balaban J connectivity index is 2.38. The molecule has 0 unspecified atom stereocenters. The quantitative estimate of drug-likeness (QED) is 0.797. The third-order valence-corrected chi connectivity index (χ3v) is 2.55. The van der Waals surface area contributed by atoms with Crippen LogP contribution in [0.4, 0.5) is 4.39 Å². The van der Waals surface area contributed by atoms with Crippen LogP contribution < -0.4 is 5.43 Å². The molecule has 6 heteroatoms. The summed E-state index contributed by atoms with van der Waals surface area (Å²) in [6.45, 7) is -0.478. The standard InChI is InChI=1S/C14H11FO5/c15-10-3-1-8(5-11(10)17)2-4-13-14(19)12(18)6-9(7-16)20-13/h1-6,16-17,19H,7H2/b4-2+. The van der Waals surface area contributed by atoms with Crippen LogP contribution in [0.2, 0.25) is 0 Å². The maximum atomic E-state index is 12.9. The van der Waals surface area contributed by atoms with Crippen molar-refractivity contribution in [3.05, 3.63) is 57.4 Å². The SMILES string of the molecule is O=c1cc(CO)oc(/C=C/c2ccc(F)c(O)c2)c1O. The Labute approximate surface area is 112 Å². The van der Waals surface area contributed by atoms with Crippen LogP contribution in [0.5, 0.6) is 11.5 Å².